The maximum absolute atomic E-state index is 13.6. The Morgan fingerprint density at radius 2 is 1.72 bits per heavy atom. The maximum atomic E-state index is 13.6. The number of sulfonamides is 1. The van der Waals surface area contributed by atoms with Crippen LogP contribution in [-0.2, 0) is 26.2 Å². The number of anilines is 1. The van der Waals surface area contributed by atoms with Crippen molar-refractivity contribution < 1.29 is 18.0 Å². The van der Waals surface area contributed by atoms with Crippen LogP contribution in [0.5, 0.6) is 0 Å². The second-order valence-electron chi connectivity index (χ2n) is 9.03. The number of nitrogens with zero attached hydrogens (tertiary/aromatic N) is 2. The third-order valence-corrected chi connectivity index (χ3v) is 8.45. The van der Waals surface area contributed by atoms with Crippen LogP contribution in [0.3, 0.4) is 0 Å². The molecule has 196 valence electrons. The predicted molar refractivity (Wildman–Crippen MR) is 148 cm³/mol. The molecule has 0 aromatic heterocycles. The van der Waals surface area contributed by atoms with Gasteiger partial charge in [0.15, 0.2) is 0 Å². The Bertz CT molecular complexity index is 1190. The highest BCUT2D eigenvalue weighted by atomic mass is 79.9. The average Bonchev–Trinajstić information content (AvgIpc) is 2.83. The molecule has 1 aliphatic rings. The minimum absolute atomic E-state index is 0.0797. The first kappa shape index (κ1) is 28.8. The zero-order valence-electron chi connectivity index (χ0n) is 20.2. The highest BCUT2D eigenvalue weighted by Gasteiger charge is 2.31. The smallest absolute Gasteiger partial charge is 0.244 e. The normalized spacial score (nSPS) is 15.2. The number of benzene rings is 2. The summed E-state index contributed by atoms with van der Waals surface area (Å²) in [5.74, 6) is -0.801. The van der Waals surface area contributed by atoms with Crippen LogP contribution < -0.4 is 9.62 Å². The Balaban J connectivity index is 1.89. The van der Waals surface area contributed by atoms with Crippen LogP contribution in [0.1, 0.15) is 44.6 Å². The van der Waals surface area contributed by atoms with Gasteiger partial charge in [0, 0.05) is 22.1 Å². The summed E-state index contributed by atoms with van der Waals surface area (Å²) in [6.45, 7) is 1.26. The number of hydrogen-bond acceptors (Lipinski definition) is 4. The van der Waals surface area contributed by atoms with Crippen molar-refractivity contribution in [2.45, 2.75) is 57.7 Å². The monoisotopic (exact) mass is 617 g/mol. The van der Waals surface area contributed by atoms with Crippen LogP contribution in [-0.4, -0.2) is 50.0 Å². The molecule has 3 rings (SSSR count). The van der Waals surface area contributed by atoms with Gasteiger partial charge in [-0.2, -0.15) is 0 Å². The molecule has 0 spiro atoms. The lowest BCUT2D eigenvalue weighted by atomic mass is 9.95. The third kappa shape index (κ3) is 7.84. The molecule has 0 radical (unpaired) electrons. The molecule has 1 saturated carbocycles. The van der Waals surface area contributed by atoms with E-state index in [9.17, 15) is 18.0 Å². The standard InChI is InChI=1S/C25H30BrCl2N3O4S/c1-17(25(33)29-21-6-4-3-5-7-21)30(15-18-8-10-19(26)11-9-18)24(32)16-31(36(2,34)35)23-14-20(27)12-13-22(23)28/h8-14,17,21H,3-7,15-16H2,1-2H3,(H,29,33). The minimum Gasteiger partial charge on any atom is -0.352 e. The van der Waals surface area contributed by atoms with Gasteiger partial charge in [0.1, 0.15) is 12.6 Å². The first-order chi connectivity index (χ1) is 17.0. The van der Waals surface area contributed by atoms with Crippen LogP contribution in [0.15, 0.2) is 46.9 Å². The summed E-state index contributed by atoms with van der Waals surface area (Å²) < 4.78 is 27.2. The van der Waals surface area contributed by atoms with Crippen molar-refractivity contribution >= 4 is 66.7 Å². The summed E-state index contributed by atoms with van der Waals surface area (Å²) >= 11 is 15.8. The van der Waals surface area contributed by atoms with Gasteiger partial charge in [-0.25, -0.2) is 8.42 Å². The first-order valence-electron chi connectivity index (χ1n) is 11.7. The van der Waals surface area contributed by atoms with Gasteiger partial charge < -0.3 is 10.2 Å². The molecular weight excluding hydrogens is 589 g/mol. The lowest BCUT2D eigenvalue weighted by molar-refractivity contribution is -0.139. The summed E-state index contributed by atoms with van der Waals surface area (Å²) in [6.07, 6.45) is 6.09. The summed E-state index contributed by atoms with van der Waals surface area (Å²) in [6, 6.07) is 11.1. The van der Waals surface area contributed by atoms with Crippen molar-refractivity contribution in [3.63, 3.8) is 0 Å². The van der Waals surface area contributed by atoms with Gasteiger partial charge >= 0.3 is 0 Å². The molecule has 0 bridgehead atoms. The molecule has 1 atom stereocenters. The van der Waals surface area contributed by atoms with Gasteiger partial charge in [-0.1, -0.05) is 70.5 Å². The molecule has 7 nitrogen and oxygen atoms in total. The van der Waals surface area contributed by atoms with Gasteiger partial charge in [0.2, 0.25) is 21.8 Å². The third-order valence-electron chi connectivity index (χ3n) is 6.24. The van der Waals surface area contributed by atoms with E-state index in [0.29, 0.717) is 0 Å². The number of amides is 2. The minimum atomic E-state index is -3.90. The quantitative estimate of drug-likeness (QED) is 0.408. The molecule has 1 N–H and O–H groups in total. The van der Waals surface area contributed by atoms with E-state index in [-0.39, 0.29) is 34.2 Å². The Kier molecular flexibility index (Phi) is 10.1. The van der Waals surface area contributed by atoms with Crippen molar-refractivity contribution in [1.82, 2.24) is 10.2 Å². The highest BCUT2D eigenvalue weighted by Crippen LogP contribution is 2.31. The first-order valence-corrected chi connectivity index (χ1v) is 15.1. The number of halogens is 3. The number of carbonyl (C=O) groups excluding carboxylic acids is 2. The van der Waals surface area contributed by atoms with E-state index in [4.69, 9.17) is 23.2 Å². The lowest BCUT2D eigenvalue weighted by Gasteiger charge is -2.33. The van der Waals surface area contributed by atoms with E-state index in [1.165, 1.54) is 23.1 Å². The molecule has 11 heteroatoms. The van der Waals surface area contributed by atoms with Crippen molar-refractivity contribution in [3.05, 3.63) is 62.5 Å². The molecule has 0 aliphatic heterocycles. The van der Waals surface area contributed by atoms with Crippen molar-refractivity contribution in [3.8, 4) is 0 Å². The number of nitrogens with one attached hydrogen (secondary N) is 1. The molecule has 2 aromatic rings. The zero-order valence-corrected chi connectivity index (χ0v) is 24.1. The summed E-state index contributed by atoms with van der Waals surface area (Å²) in [5.41, 5.74) is 0.901. The Hall–Kier alpha value is -1.81. The molecule has 1 unspecified atom stereocenters. The second-order valence-corrected chi connectivity index (χ2v) is 12.7. The van der Waals surface area contributed by atoms with Gasteiger partial charge in [-0.3, -0.25) is 13.9 Å². The predicted octanol–water partition coefficient (Wildman–Crippen LogP) is 5.39. The highest BCUT2D eigenvalue weighted by molar-refractivity contribution is 9.10. The topological polar surface area (TPSA) is 86.8 Å². The maximum Gasteiger partial charge on any atom is 0.244 e. The van der Waals surface area contributed by atoms with Crippen molar-refractivity contribution in [2.75, 3.05) is 17.1 Å². The van der Waals surface area contributed by atoms with Crippen LogP contribution in [0, 0.1) is 0 Å². The molecular formula is C25H30BrCl2N3O4S. The fourth-order valence-electron chi connectivity index (χ4n) is 4.21. The summed E-state index contributed by atoms with van der Waals surface area (Å²) in [4.78, 5) is 28.2. The van der Waals surface area contributed by atoms with Crippen molar-refractivity contribution in [2.24, 2.45) is 0 Å². The van der Waals surface area contributed by atoms with Gasteiger partial charge in [-0.15, -0.1) is 0 Å². The fraction of sp³-hybridized carbons (Fsp3) is 0.440. The Labute approximate surface area is 231 Å². The van der Waals surface area contributed by atoms with Crippen molar-refractivity contribution in [1.29, 1.82) is 0 Å². The summed E-state index contributed by atoms with van der Waals surface area (Å²) in [5, 5.41) is 3.49. The van der Waals surface area contributed by atoms with Crippen LogP contribution in [0.4, 0.5) is 5.69 Å². The molecule has 0 saturated heterocycles. The number of carbonyl (C=O) groups is 2. The Morgan fingerprint density at radius 1 is 1.08 bits per heavy atom. The van der Waals surface area contributed by atoms with E-state index in [0.717, 1.165) is 52.7 Å². The Morgan fingerprint density at radius 3 is 2.33 bits per heavy atom. The van der Waals surface area contributed by atoms with Gasteiger partial charge in [0.25, 0.3) is 0 Å². The van der Waals surface area contributed by atoms with E-state index >= 15 is 0 Å². The zero-order chi connectivity index (χ0) is 26.5. The van der Waals surface area contributed by atoms with Crippen LogP contribution in [0.2, 0.25) is 10.0 Å². The largest absolute Gasteiger partial charge is 0.352 e. The number of rotatable bonds is 9. The van der Waals surface area contributed by atoms with E-state index < -0.39 is 28.5 Å². The molecule has 1 fully saturated rings. The molecule has 1 aliphatic carbocycles. The molecule has 0 heterocycles. The van der Waals surface area contributed by atoms with E-state index in [2.05, 4.69) is 21.2 Å². The lowest BCUT2D eigenvalue weighted by Crippen LogP contribution is -2.53. The van der Waals surface area contributed by atoms with Crippen LogP contribution >= 0.6 is 39.1 Å². The molecule has 36 heavy (non-hydrogen) atoms. The molecule has 2 aromatic carbocycles. The summed E-state index contributed by atoms with van der Waals surface area (Å²) in [7, 11) is -3.90. The SMILES string of the molecule is CC(C(=O)NC1CCCCC1)N(Cc1ccc(Br)cc1)C(=O)CN(c1cc(Cl)ccc1Cl)S(C)(=O)=O. The second kappa shape index (κ2) is 12.6. The molecule has 2 amide bonds. The van der Waals surface area contributed by atoms with Gasteiger partial charge in [0.05, 0.1) is 17.0 Å². The van der Waals surface area contributed by atoms with E-state index in [1.54, 1.807) is 6.92 Å². The van der Waals surface area contributed by atoms with Crippen LogP contribution in [0.25, 0.3) is 0 Å². The number of hydrogen-bond donors (Lipinski definition) is 1. The average molecular weight is 619 g/mol. The fourth-order valence-corrected chi connectivity index (χ4v) is 5.76. The van der Waals surface area contributed by atoms with Gasteiger partial charge in [-0.05, 0) is 55.7 Å². The van der Waals surface area contributed by atoms with E-state index in [1.807, 2.05) is 24.3 Å².